The number of benzene rings is 5. The van der Waals surface area contributed by atoms with Gasteiger partial charge in [0, 0.05) is 35.2 Å². The summed E-state index contributed by atoms with van der Waals surface area (Å²) in [5, 5.41) is 24.7. The van der Waals surface area contributed by atoms with Crippen LogP contribution in [0.3, 0.4) is 0 Å². The third kappa shape index (κ3) is 8.99. The molecule has 0 aliphatic carbocycles. The Hall–Kier alpha value is -4.93. The summed E-state index contributed by atoms with van der Waals surface area (Å²) >= 11 is 1.62. The maximum Gasteiger partial charge on any atom is 0.335 e. The molecule has 4 N–H and O–H groups in total. The summed E-state index contributed by atoms with van der Waals surface area (Å²) in [6.07, 6.45) is -1.06. The number of hydrogen-bond donors (Lipinski definition) is 4. The van der Waals surface area contributed by atoms with Crippen molar-refractivity contribution >= 4 is 23.8 Å². The number of rotatable bonds is 12. The van der Waals surface area contributed by atoms with Crippen molar-refractivity contribution in [2.45, 2.75) is 50.0 Å². The monoisotopic (exact) mass is 688 g/mol. The molecule has 1 aliphatic heterocycles. The van der Waals surface area contributed by atoms with E-state index in [4.69, 9.17) is 9.47 Å². The zero-order valence-electron chi connectivity index (χ0n) is 27.7. The average molecular weight is 689 g/mol. The number of hydrogen-bond acceptors (Lipinski definition) is 6. The zero-order valence-corrected chi connectivity index (χ0v) is 28.5. The van der Waals surface area contributed by atoms with Crippen molar-refractivity contribution in [3.63, 3.8) is 0 Å². The fourth-order valence-corrected chi connectivity index (χ4v) is 7.00. The summed E-state index contributed by atoms with van der Waals surface area (Å²) in [4.78, 5) is 24.7. The van der Waals surface area contributed by atoms with Gasteiger partial charge in [-0.3, -0.25) is 0 Å². The zero-order chi connectivity index (χ0) is 34.9. The molecule has 1 aliphatic rings. The number of amides is 2. The van der Waals surface area contributed by atoms with Gasteiger partial charge in [0.05, 0.1) is 24.4 Å². The van der Waals surface area contributed by atoms with Crippen molar-refractivity contribution in [1.82, 2.24) is 10.6 Å². The van der Waals surface area contributed by atoms with Gasteiger partial charge in [-0.15, -0.1) is 11.8 Å². The van der Waals surface area contributed by atoms with E-state index in [1.54, 1.807) is 23.9 Å². The number of aliphatic hydroxyl groups excluding tert-OH is 1. The highest BCUT2D eigenvalue weighted by Crippen LogP contribution is 2.43. The van der Waals surface area contributed by atoms with E-state index in [0.29, 0.717) is 18.8 Å². The summed E-state index contributed by atoms with van der Waals surface area (Å²) in [6.45, 7) is 2.93. The molecule has 6 rings (SSSR count). The van der Waals surface area contributed by atoms with Gasteiger partial charge < -0.3 is 30.3 Å². The van der Waals surface area contributed by atoms with Crippen molar-refractivity contribution in [3.8, 4) is 11.1 Å². The summed E-state index contributed by atoms with van der Waals surface area (Å²) < 4.78 is 13.4. The van der Waals surface area contributed by atoms with Gasteiger partial charge in [-0.05, 0) is 69.8 Å². The van der Waals surface area contributed by atoms with Crippen LogP contribution >= 0.6 is 11.8 Å². The first-order valence-corrected chi connectivity index (χ1v) is 17.6. The number of urea groups is 1. The molecule has 8 nitrogen and oxygen atoms in total. The van der Waals surface area contributed by atoms with E-state index in [2.05, 4.69) is 29.7 Å². The summed E-state index contributed by atoms with van der Waals surface area (Å²) in [5.74, 6) is -0.297. The quantitative estimate of drug-likeness (QED) is 0.0979. The Morgan fingerprint density at radius 2 is 1.36 bits per heavy atom. The fraction of sp³-hybridized carbons (Fsp3) is 0.220. The first-order chi connectivity index (χ1) is 24.4. The van der Waals surface area contributed by atoms with Crippen LogP contribution in [0.2, 0.25) is 0 Å². The van der Waals surface area contributed by atoms with Crippen LogP contribution in [0.25, 0.3) is 11.1 Å². The minimum Gasteiger partial charge on any atom is -0.478 e. The van der Waals surface area contributed by atoms with Crippen LogP contribution in [0, 0.1) is 5.92 Å². The molecular weight excluding hydrogens is 649 g/mol. The van der Waals surface area contributed by atoms with E-state index < -0.39 is 12.3 Å². The Bertz CT molecular complexity index is 1880. The fourth-order valence-electron chi connectivity index (χ4n) is 5.93. The van der Waals surface area contributed by atoms with Crippen molar-refractivity contribution in [2.24, 2.45) is 5.92 Å². The largest absolute Gasteiger partial charge is 0.478 e. The van der Waals surface area contributed by atoms with Crippen LogP contribution in [0.5, 0.6) is 0 Å². The molecule has 4 atom stereocenters. The third-order valence-corrected chi connectivity index (χ3v) is 9.91. The van der Waals surface area contributed by atoms with Crippen LogP contribution in [0.15, 0.2) is 132 Å². The van der Waals surface area contributed by atoms with Crippen molar-refractivity contribution in [1.29, 1.82) is 0 Å². The SMILES string of the molecule is C[C@H]1[C@@H](CSc2ccc(C(=O)O)cc2)O[C@@H](c2cccc(-c3cccc(CNC(=O)NCc4ccccc4)c3)c2)O[C@H]1c1ccc(CO)cc1. The van der Waals surface area contributed by atoms with Crippen molar-refractivity contribution in [3.05, 3.63) is 161 Å². The Labute approximate surface area is 296 Å². The highest BCUT2D eigenvalue weighted by atomic mass is 32.2. The van der Waals surface area contributed by atoms with E-state index in [0.717, 1.165) is 43.8 Å². The standard InChI is InChI=1S/C41H40N2O6S/c1-27-37(26-50-36-19-17-32(18-20-36)39(45)46)48-40(49-38(27)31-15-13-29(25-44)14-16-31)35-12-6-11-34(22-35)33-10-5-9-30(21-33)24-43-41(47)42-23-28-7-3-2-4-8-28/h2-22,27,37-38,40,44H,23-26H2,1H3,(H,45,46)(H2,42,43,47)/t27-,37+,38+,40+/m0/s1. The predicted molar refractivity (Wildman–Crippen MR) is 194 cm³/mol. The smallest absolute Gasteiger partial charge is 0.335 e. The summed E-state index contributed by atoms with van der Waals surface area (Å²) in [5.41, 5.74) is 6.99. The second-order valence-corrected chi connectivity index (χ2v) is 13.4. The van der Waals surface area contributed by atoms with Crippen LogP contribution in [-0.2, 0) is 29.2 Å². The van der Waals surface area contributed by atoms with Gasteiger partial charge in [0.1, 0.15) is 0 Å². The number of thioether (sulfide) groups is 1. The van der Waals surface area contributed by atoms with E-state index in [9.17, 15) is 19.8 Å². The number of carboxylic acid groups (broad SMARTS) is 1. The number of aliphatic hydroxyl groups is 1. The number of carbonyl (C=O) groups excluding carboxylic acids is 1. The molecule has 256 valence electrons. The topological polar surface area (TPSA) is 117 Å². The molecule has 0 aromatic heterocycles. The lowest BCUT2D eigenvalue weighted by atomic mass is 9.91. The van der Waals surface area contributed by atoms with Gasteiger partial charge in [-0.25, -0.2) is 9.59 Å². The van der Waals surface area contributed by atoms with Crippen molar-refractivity contribution in [2.75, 3.05) is 5.75 Å². The van der Waals surface area contributed by atoms with Crippen LogP contribution in [0.1, 0.15) is 57.5 Å². The van der Waals surface area contributed by atoms with E-state index in [-0.39, 0.29) is 36.3 Å². The Morgan fingerprint density at radius 3 is 2.06 bits per heavy atom. The summed E-state index contributed by atoms with van der Waals surface area (Å²) in [7, 11) is 0. The molecule has 0 radical (unpaired) electrons. The maximum absolute atomic E-state index is 12.5. The molecule has 0 saturated carbocycles. The molecule has 1 saturated heterocycles. The molecule has 0 bridgehead atoms. The van der Waals surface area contributed by atoms with Gasteiger partial charge in [0.25, 0.3) is 0 Å². The van der Waals surface area contributed by atoms with Gasteiger partial charge in [-0.1, -0.05) is 97.9 Å². The Morgan fingerprint density at radius 1 is 0.700 bits per heavy atom. The highest BCUT2D eigenvalue weighted by Gasteiger charge is 2.38. The minimum atomic E-state index is -0.951. The number of aromatic carboxylic acids is 1. The molecule has 1 fully saturated rings. The predicted octanol–water partition coefficient (Wildman–Crippen LogP) is 8.13. The molecule has 9 heteroatoms. The molecule has 5 aromatic rings. The van der Waals surface area contributed by atoms with Crippen molar-refractivity contribution < 1.29 is 29.3 Å². The second-order valence-electron chi connectivity index (χ2n) is 12.3. The highest BCUT2D eigenvalue weighted by molar-refractivity contribution is 7.99. The molecule has 1 heterocycles. The van der Waals surface area contributed by atoms with E-state index in [1.807, 2.05) is 103 Å². The first-order valence-electron chi connectivity index (χ1n) is 16.6. The van der Waals surface area contributed by atoms with Crippen LogP contribution in [-0.4, -0.2) is 34.1 Å². The lowest BCUT2D eigenvalue weighted by Gasteiger charge is -2.41. The van der Waals surface area contributed by atoms with E-state index in [1.165, 1.54) is 0 Å². The minimum absolute atomic E-state index is 0.00859. The third-order valence-electron chi connectivity index (χ3n) is 8.81. The second kappa shape index (κ2) is 16.7. The molecular formula is C41H40N2O6S. The number of carbonyl (C=O) groups is 2. The van der Waals surface area contributed by atoms with Gasteiger partial charge in [0.15, 0.2) is 6.29 Å². The lowest BCUT2D eigenvalue weighted by Crippen LogP contribution is -2.38. The molecule has 50 heavy (non-hydrogen) atoms. The number of carboxylic acids is 1. The Balaban J connectivity index is 1.17. The molecule has 5 aromatic carbocycles. The average Bonchev–Trinajstić information content (AvgIpc) is 3.16. The maximum atomic E-state index is 12.5. The molecule has 2 amide bonds. The first kappa shape index (κ1) is 34.9. The van der Waals surface area contributed by atoms with Gasteiger partial charge in [-0.2, -0.15) is 0 Å². The number of nitrogens with one attached hydrogen (secondary N) is 2. The Kier molecular flexibility index (Phi) is 11.6. The number of ether oxygens (including phenoxy) is 2. The molecule has 0 spiro atoms. The van der Waals surface area contributed by atoms with E-state index >= 15 is 0 Å². The van der Waals surface area contributed by atoms with Crippen LogP contribution < -0.4 is 10.6 Å². The summed E-state index contributed by atoms with van der Waals surface area (Å²) in [6, 6.07) is 40.5. The van der Waals surface area contributed by atoms with Gasteiger partial charge in [0.2, 0.25) is 0 Å². The van der Waals surface area contributed by atoms with Gasteiger partial charge >= 0.3 is 12.0 Å². The normalized spacial score (nSPS) is 18.7. The van der Waals surface area contributed by atoms with Crippen LogP contribution in [0.4, 0.5) is 4.79 Å². The molecule has 0 unspecified atom stereocenters. The lowest BCUT2D eigenvalue weighted by molar-refractivity contribution is -0.268.